The van der Waals surface area contributed by atoms with Gasteiger partial charge in [-0.2, -0.15) is 0 Å². The van der Waals surface area contributed by atoms with E-state index in [0.717, 1.165) is 5.56 Å². The highest BCUT2D eigenvalue weighted by Crippen LogP contribution is 2.44. The Kier molecular flexibility index (Phi) is 5.66. The molecule has 0 aromatic heterocycles. The summed E-state index contributed by atoms with van der Waals surface area (Å²) < 4.78 is 6.02. The van der Waals surface area contributed by atoms with E-state index in [1.165, 1.54) is 0 Å². The summed E-state index contributed by atoms with van der Waals surface area (Å²) >= 11 is 0. The molecule has 24 heavy (non-hydrogen) atoms. The van der Waals surface area contributed by atoms with E-state index in [2.05, 4.69) is 27.7 Å². The predicted molar refractivity (Wildman–Crippen MR) is 96.3 cm³/mol. The summed E-state index contributed by atoms with van der Waals surface area (Å²) in [5.74, 6) is -0.189. The fraction of sp³-hybridized carbons (Fsp3) is 0.381. The van der Waals surface area contributed by atoms with Crippen LogP contribution >= 0.6 is 0 Å². The van der Waals surface area contributed by atoms with Gasteiger partial charge in [-0.15, -0.1) is 0 Å². The molecule has 2 aromatic rings. The lowest BCUT2D eigenvalue weighted by Gasteiger charge is -2.45. The van der Waals surface area contributed by atoms with Gasteiger partial charge < -0.3 is 9.84 Å². The van der Waals surface area contributed by atoms with E-state index >= 15 is 0 Å². The van der Waals surface area contributed by atoms with E-state index in [-0.39, 0.29) is 11.8 Å². The lowest BCUT2D eigenvalue weighted by atomic mass is 9.61. The molecular weight excluding hydrogens is 300 g/mol. The maximum Gasteiger partial charge on any atom is 0.345 e. The van der Waals surface area contributed by atoms with Crippen LogP contribution in [-0.2, 0) is 10.2 Å². The van der Waals surface area contributed by atoms with Crippen LogP contribution in [0, 0.1) is 11.8 Å². The van der Waals surface area contributed by atoms with Crippen LogP contribution in [0.25, 0.3) is 0 Å². The van der Waals surface area contributed by atoms with Gasteiger partial charge in [0, 0.05) is 5.41 Å². The van der Waals surface area contributed by atoms with Crippen LogP contribution in [0.4, 0.5) is 0 Å². The zero-order valence-corrected chi connectivity index (χ0v) is 14.8. The van der Waals surface area contributed by atoms with Crippen LogP contribution in [0.3, 0.4) is 0 Å². The van der Waals surface area contributed by atoms with Gasteiger partial charge in [-0.1, -0.05) is 76.2 Å². The highest BCUT2D eigenvalue weighted by molar-refractivity contribution is 5.76. The molecule has 3 nitrogen and oxygen atoms in total. The molecule has 0 radical (unpaired) electrons. The normalized spacial score (nSPS) is 13.1. The monoisotopic (exact) mass is 326 g/mol. The Morgan fingerprint density at radius 2 is 1.33 bits per heavy atom. The van der Waals surface area contributed by atoms with Gasteiger partial charge in [0.1, 0.15) is 5.75 Å². The first-order valence-corrected chi connectivity index (χ1v) is 8.40. The number of hydrogen-bond donors (Lipinski definition) is 1. The van der Waals surface area contributed by atoms with Crippen LogP contribution in [-0.4, -0.2) is 17.2 Å². The fourth-order valence-corrected chi connectivity index (χ4v) is 3.80. The molecule has 0 spiro atoms. The number of aliphatic carboxylic acids is 1. The van der Waals surface area contributed by atoms with Gasteiger partial charge in [0.25, 0.3) is 0 Å². The topological polar surface area (TPSA) is 46.5 Å². The number of rotatable bonds is 7. The summed E-state index contributed by atoms with van der Waals surface area (Å²) in [7, 11) is 0. The fourth-order valence-electron chi connectivity index (χ4n) is 3.80. The number of hydrogen-bond acceptors (Lipinski definition) is 2. The zero-order chi connectivity index (χ0) is 17.7. The van der Waals surface area contributed by atoms with Crippen molar-refractivity contribution in [1.82, 2.24) is 0 Å². The van der Waals surface area contributed by atoms with Crippen molar-refractivity contribution < 1.29 is 14.6 Å². The van der Waals surface area contributed by atoms with Gasteiger partial charge in [-0.25, -0.2) is 4.79 Å². The molecule has 128 valence electrons. The van der Waals surface area contributed by atoms with Crippen LogP contribution in [0.2, 0.25) is 0 Å². The molecule has 2 aromatic carbocycles. The number of benzene rings is 2. The average molecular weight is 326 g/mol. The number of carboxylic acid groups (broad SMARTS) is 1. The van der Waals surface area contributed by atoms with E-state index in [1.807, 2.05) is 48.5 Å². The minimum atomic E-state index is -0.970. The van der Waals surface area contributed by atoms with Crippen molar-refractivity contribution in [3.63, 3.8) is 0 Å². The zero-order valence-electron chi connectivity index (χ0n) is 14.8. The molecule has 3 heteroatoms. The van der Waals surface area contributed by atoms with E-state index in [9.17, 15) is 9.90 Å². The second-order valence-corrected chi connectivity index (χ2v) is 6.76. The van der Waals surface area contributed by atoms with Crippen LogP contribution in [0.15, 0.2) is 60.7 Å². The molecule has 0 fully saturated rings. The lowest BCUT2D eigenvalue weighted by molar-refractivity contribution is -0.152. The van der Waals surface area contributed by atoms with Crippen LogP contribution < -0.4 is 4.74 Å². The molecule has 0 aliphatic carbocycles. The Bertz CT molecular complexity index is 639. The number of para-hydroxylation sites is 1. The molecule has 1 unspecified atom stereocenters. The number of carboxylic acids is 1. The molecule has 0 bridgehead atoms. The minimum Gasteiger partial charge on any atom is -0.478 e. The van der Waals surface area contributed by atoms with Crippen molar-refractivity contribution in [1.29, 1.82) is 0 Å². The second kappa shape index (κ2) is 7.52. The maximum absolute atomic E-state index is 12.2. The Balaban J connectivity index is 2.60. The van der Waals surface area contributed by atoms with Crippen molar-refractivity contribution in [3.8, 4) is 5.75 Å². The van der Waals surface area contributed by atoms with Gasteiger partial charge in [0.15, 0.2) is 0 Å². The standard InChI is InChI=1S/C21H26O3/c1-15(2)21(16(3)4,17-11-7-5-8-12-17)19(20(22)23)24-18-13-9-6-10-14-18/h5-16,19H,1-4H3,(H,22,23). The highest BCUT2D eigenvalue weighted by Gasteiger charge is 2.51. The Morgan fingerprint density at radius 1 is 0.875 bits per heavy atom. The van der Waals surface area contributed by atoms with Gasteiger partial charge in [0.2, 0.25) is 6.10 Å². The van der Waals surface area contributed by atoms with Crippen molar-refractivity contribution >= 4 is 5.97 Å². The van der Waals surface area contributed by atoms with Crippen molar-refractivity contribution in [2.45, 2.75) is 39.2 Å². The molecule has 0 heterocycles. The molecule has 2 rings (SSSR count). The summed E-state index contributed by atoms with van der Waals surface area (Å²) in [6.45, 7) is 8.27. The molecule has 0 aliphatic heterocycles. The molecule has 0 amide bonds. The quantitative estimate of drug-likeness (QED) is 0.797. The predicted octanol–water partition coefficient (Wildman–Crippen LogP) is 4.77. The van der Waals surface area contributed by atoms with Gasteiger partial charge >= 0.3 is 5.97 Å². The van der Waals surface area contributed by atoms with E-state index in [1.54, 1.807) is 12.1 Å². The summed E-state index contributed by atoms with van der Waals surface area (Å²) in [4.78, 5) is 12.2. The van der Waals surface area contributed by atoms with Crippen molar-refractivity contribution in [2.24, 2.45) is 11.8 Å². The van der Waals surface area contributed by atoms with Crippen molar-refractivity contribution in [3.05, 3.63) is 66.2 Å². The first-order valence-electron chi connectivity index (χ1n) is 8.40. The van der Waals surface area contributed by atoms with Gasteiger partial charge in [0.05, 0.1) is 0 Å². The Labute approximate surface area is 144 Å². The van der Waals surface area contributed by atoms with E-state index in [0.29, 0.717) is 5.75 Å². The molecule has 0 saturated heterocycles. The smallest absolute Gasteiger partial charge is 0.345 e. The Hall–Kier alpha value is -2.29. The van der Waals surface area contributed by atoms with Crippen LogP contribution in [0.5, 0.6) is 5.75 Å². The highest BCUT2D eigenvalue weighted by atomic mass is 16.5. The molecule has 1 N–H and O–H groups in total. The van der Waals surface area contributed by atoms with Crippen LogP contribution in [0.1, 0.15) is 33.3 Å². The third-order valence-corrected chi connectivity index (χ3v) is 4.84. The maximum atomic E-state index is 12.2. The minimum absolute atomic E-state index is 0.0877. The number of carbonyl (C=O) groups is 1. The molecule has 0 aliphatic rings. The summed E-state index contributed by atoms with van der Waals surface area (Å²) in [6, 6.07) is 19.0. The first kappa shape index (κ1) is 18.1. The van der Waals surface area contributed by atoms with Crippen molar-refractivity contribution in [2.75, 3.05) is 0 Å². The number of ether oxygens (including phenoxy) is 1. The Morgan fingerprint density at radius 3 is 1.75 bits per heavy atom. The SMILES string of the molecule is CC(C)C(c1ccccc1)(C(C)C)C(Oc1ccccc1)C(=O)O. The average Bonchev–Trinajstić information content (AvgIpc) is 2.55. The molecule has 0 saturated carbocycles. The first-order chi connectivity index (χ1) is 11.4. The molecule has 1 atom stereocenters. The third kappa shape index (κ3) is 3.30. The summed E-state index contributed by atoms with van der Waals surface area (Å²) in [6.07, 6.45) is -0.970. The third-order valence-electron chi connectivity index (χ3n) is 4.84. The van der Waals surface area contributed by atoms with Gasteiger partial charge in [-0.3, -0.25) is 0 Å². The van der Waals surface area contributed by atoms with E-state index in [4.69, 9.17) is 4.74 Å². The largest absolute Gasteiger partial charge is 0.478 e. The van der Waals surface area contributed by atoms with E-state index < -0.39 is 17.5 Å². The summed E-state index contributed by atoms with van der Waals surface area (Å²) in [5.41, 5.74) is 0.362. The second-order valence-electron chi connectivity index (χ2n) is 6.76. The summed E-state index contributed by atoms with van der Waals surface area (Å²) in [5, 5.41) is 10.0. The van der Waals surface area contributed by atoms with Gasteiger partial charge in [-0.05, 0) is 29.5 Å². The molecular formula is C21H26O3. The lowest BCUT2D eigenvalue weighted by Crippen LogP contribution is -2.55.